The number of ether oxygens (including phenoxy) is 1. The van der Waals surface area contributed by atoms with E-state index in [9.17, 15) is 0 Å². The molecule has 0 aromatic rings. The van der Waals surface area contributed by atoms with Gasteiger partial charge in [0.1, 0.15) is 0 Å². The van der Waals surface area contributed by atoms with Crippen LogP contribution in [0.4, 0.5) is 0 Å². The number of nitrogens with zero attached hydrogens (tertiary/aromatic N) is 1. The van der Waals surface area contributed by atoms with Crippen molar-refractivity contribution in [3.05, 3.63) is 0 Å². The molecule has 4 atom stereocenters. The van der Waals surface area contributed by atoms with Gasteiger partial charge in [0.2, 0.25) is 0 Å². The van der Waals surface area contributed by atoms with Crippen LogP contribution in [0, 0.1) is 11.8 Å². The molecule has 2 rings (SSSR count). The molecule has 2 heterocycles. The van der Waals surface area contributed by atoms with E-state index in [0.29, 0.717) is 12.1 Å². The molecule has 0 aliphatic carbocycles. The van der Waals surface area contributed by atoms with Crippen LogP contribution in [0.15, 0.2) is 0 Å². The summed E-state index contributed by atoms with van der Waals surface area (Å²) in [5.74, 6) is 1.68. The van der Waals surface area contributed by atoms with E-state index in [1.54, 1.807) is 0 Å². The minimum atomic E-state index is 0.467. The van der Waals surface area contributed by atoms with E-state index in [0.717, 1.165) is 38.0 Å². The topological polar surface area (TPSA) is 24.5 Å². The van der Waals surface area contributed by atoms with Gasteiger partial charge in [-0.2, -0.15) is 0 Å². The van der Waals surface area contributed by atoms with Crippen molar-refractivity contribution in [1.29, 1.82) is 0 Å². The largest absolute Gasteiger partial charge is 0.376 e. The lowest BCUT2D eigenvalue weighted by molar-refractivity contribution is -0.0378. The van der Waals surface area contributed by atoms with Crippen LogP contribution in [0.3, 0.4) is 0 Å². The van der Waals surface area contributed by atoms with E-state index in [4.69, 9.17) is 4.74 Å². The van der Waals surface area contributed by atoms with E-state index in [-0.39, 0.29) is 0 Å². The van der Waals surface area contributed by atoms with Crippen LogP contribution >= 0.6 is 0 Å². The van der Waals surface area contributed by atoms with Gasteiger partial charge in [0, 0.05) is 25.7 Å². The molecule has 2 aliphatic rings. The first-order valence-electron chi connectivity index (χ1n) is 7.26. The molecule has 0 amide bonds. The molecule has 0 aromatic heterocycles. The third-order valence-electron chi connectivity index (χ3n) is 4.43. The number of hydrogen-bond donors (Lipinski definition) is 1. The quantitative estimate of drug-likeness (QED) is 0.813. The fourth-order valence-electron chi connectivity index (χ4n) is 3.16. The summed E-state index contributed by atoms with van der Waals surface area (Å²) < 4.78 is 5.73. The maximum atomic E-state index is 5.73. The van der Waals surface area contributed by atoms with Gasteiger partial charge in [0.05, 0.1) is 12.7 Å². The highest BCUT2D eigenvalue weighted by molar-refractivity contribution is 4.83. The molecule has 0 spiro atoms. The van der Waals surface area contributed by atoms with Gasteiger partial charge in [0.25, 0.3) is 0 Å². The Morgan fingerprint density at radius 3 is 2.88 bits per heavy atom. The molecule has 2 aliphatic heterocycles. The van der Waals surface area contributed by atoms with E-state index in [1.165, 1.54) is 19.5 Å². The Hall–Kier alpha value is -0.120. The molecule has 0 bridgehead atoms. The first-order valence-corrected chi connectivity index (χ1v) is 7.26. The summed E-state index contributed by atoms with van der Waals surface area (Å²) in [5.41, 5.74) is 0. The monoisotopic (exact) mass is 240 g/mol. The van der Waals surface area contributed by atoms with Crippen LogP contribution in [0.25, 0.3) is 0 Å². The van der Waals surface area contributed by atoms with Gasteiger partial charge in [-0.1, -0.05) is 13.8 Å². The fraction of sp³-hybridized carbons (Fsp3) is 1.00. The van der Waals surface area contributed by atoms with Gasteiger partial charge in [-0.05, 0) is 38.1 Å². The van der Waals surface area contributed by atoms with Gasteiger partial charge in [-0.25, -0.2) is 0 Å². The zero-order valence-corrected chi connectivity index (χ0v) is 11.6. The standard InChI is InChI=1S/C14H28N2O/c1-4-14-10-16(5-6-17-14)9-13-8-15-12(3)7-11(13)2/h11-15H,4-10H2,1-3H3/t11?,12-,13?,14-/m1/s1. The van der Waals surface area contributed by atoms with Gasteiger partial charge in [-0.15, -0.1) is 0 Å². The molecule has 2 unspecified atom stereocenters. The third-order valence-corrected chi connectivity index (χ3v) is 4.43. The summed E-state index contributed by atoms with van der Waals surface area (Å²) in [5, 5.41) is 3.62. The van der Waals surface area contributed by atoms with Crippen LogP contribution in [0.2, 0.25) is 0 Å². The van der Waals surface area contributed by atoms with Gasteiger partial charge in [0.15, 0.2) is 0 Å². The first-order chi connectivity index (χ1) is 8.19. The van der Waals surface area contributed by atoms with Crippen molar-refractivity contribution >= 4 is 0 Å². The second kappa shape index (κ2) is 6.17. The molecular formula is C14H28N2O. The molecule has 0 aromatic carbocycles. The molecule has 17 heavy (non-hydrogen) atoms. The third kappa shape index (κ3) is 3.67. The molecule has 2 fully saturated rings. The van der Waals surface area contributed by atoms with Crippen molar-refractivity contribution in [2.24, 2.45) is 11.8 Å². The Labute approximate surface area is 106 Å². The molecular weight excluding hydrogens is 212 g/mol. The predicted octanol–water partition coefficient (Wildman–Crippen LogP) is 1.73. The Morgan fingerprint density at radius 2 is 2.18 bits per heavy atom. The summed E-state index contributed by atoms with van der Waals surface area (Å²) in [6.45, 7) is 12.6. The molecule has 2 saturated heterocycles. The average molecular weight is 240 g/mol. The maximum Gasteiger partial charge on any atom is 0.0700 e. The van der Waals surface area contributed by atoms with Gasteiger partial charge in [-0.3, -0.25) is 4.90 Å². The zero-order chi connectivity index (χ0) is 12.3. The first kappa shape index (κ1) is 13.3. The Kier molecular flexibility index (Phi) is 4.83. The number of rotatable bonds is 3. The summed E-state index contributed by atoms with van der Waals surface area (Å²) in [4.78, 5) is 2.61. The van der Waals surface area contributed by atoms with E-state index < -0.39 is 0 Å². The van der Waals surface area contributed by atoms with Crippen LogP contribution in [0.5, 0.6) is 0 Å². The van der Waals surface area contributed by atoms with Crippen LogP contribution in [0.1, 0.15) is 33.6 Å². The lowest BCUT2D eigenvalue weighted by atomic mass is 9.84. The molecule has 100 valence electrons. The molecule has 3 nitrogen and oxygen atoms in total. The zero-order valence-electron chi connectivity index (χ0n) is 11.6. The summed E-state index contributed by atoms with van der Waals surface area (Å²) >= 11 is 0. The number of piperidine rings is 1. The summed E-state index contributed by atoms with van der Waals surface area (Å²) in [6, 6.07) is 0.703. The Morgan fingerprint density at radius 1 is 1.35 bits per heavy atom. The SMILES string of the molecule is CC[C@@H]1CN(CC2CN[C@H](C)CC2C)CCO1. The van der Waals surface area contributed by atoms with Crippen molar-refractivity contribution in [2.45, 2.75) is 45.8 Å². The second-order valence-corrected chi connectivity index (χ2v) is 5.94. The molecule has 1 N–H and O–H groups in total. The van der Waals surface area contributed by atoms with Crippen molar-refractivity contribution in [1.82, 2.24) is 10.2 Å². The normalized spacial score (nSPS) is 40.4. The van der Waals surface area contributed by atoms with Crippen LogP contribution in [-0.2, 0) is 4.74 Å². The molecule has 0 saturated carbocycles. The highest BCUT2D eigenvalue weighted by Gasteiger charge is 2.28. The molecule has 0 radical (unpaired) electrons. The average Bonchev–Trinajstić information content (AvgIpc) is 2.33. The number of morpholine rings is 1. The minimum Gasteiger partial charge on any atom is -0.376 e. The van der Waals surface area contributed by atoms with Gasteiger partial charge >= 0.3 is 0 Å². The van der Waals surface area contributed by atoms with Crippen LogP contribution < -0.4 is 5.32 Å². The number of nitrogens with one attached hydrogen (secondary N) is 1. The summed E-state index contributed by atoms with van der Waals surface area (Å²) in [6.07, 6.45) is 2.94. The highest BCUT2D eigenvalue weighted by atomic mass is 16.5. The van der Waals surface area contributed by atoms with E-state index in [2.05, 4.69) is 31.0 Å². The van der Waals surface area contributed by atoms with Crippen molar-refractivity contribution in [3.8, 4) is 0 Å². The summed E-state index contributed by atoms with van der Waals surface area (Å²) in [7, 11) is 0. The Bertz CT molecular complexity index is 234. The lowest BCUT2D eigenvalue weighted by Crippen LogP contribution is -2.50. The maximum absolute atomic E-state index is 5.73. The predicted molar refractivity (Wildman–Crippen MR) is 71.2 cm³/mol. The van der Waals surface area contributed by atoms with E-state index >= 15 is 0 Å². The second-order valence-electron chi connectivity index (χ2n) is 5.94. The lowest BCUT2D eigenvalue weighted by Gasteiger charge is -2.39. The fourth-order valence-corrected chi connectivity index (χ4v) is 3.16. The van der Waals surface area contributed by atoms with Crippen molar-refractivity contribution in [3.63, 3.8) is 0 Å². The number of hydrogen-bond acceptors (Lipinski definition) is 3. The van der Waals surface area contributed by atoms with Crippen molar-refractivity contribution in [2.75, 3.05) is 32.8 Å². The van der Waals surface area contributed by atoms with Gasteiger partial charge < -0.3 is 10.1 Å². The van der Waals surface area contributed by atoms with Crippen LogP contribution in [-0.4, -0.2) is 49.8 Å². The van der Waals surface area contributed by atoms with E-state index in [1.807, 2.05) is 0 Å². The molecule has 3 heteroatoms. The van der Waals surface area contributed by atoms with Crippen molar-refractivity contribution < 1.29 is 4.74 Å². The minimum absolute atomic E-state index is 0.467. The Balaban J connectivity index is 1.79. The smallest absolute Gasteiger partial charge is 0.0700 e. The highest BCUT2D eigenvalue weighted by Crippen LogP contribution is 2.23.